The SMILES string of the molecule is Cc1ccc(-c2ccnc3ccc(C)cc23)cc1. The molecule has 88 valence electrons. The second kappa shape index (κ2) is 4.26. The molecule has 0 unspecified atom stereocenters. The van der Waals surface area contributed by atoms with Crippen LogP contribution in [0.3, 0.4) is 0 Å². The van der Waals surface area contributed by atoms with E-state index in [9.17, 15) is 0 Å². The second-order valence-corrected chi connectivity index (χ2v) is 4.75. The molecule has 3 aromatic rings. The van der Waals surface area contributed by atoms with E-state index in [1.165, 1.54) is 27.6 Å². The highest BCUT2D eigenvalue weighted by Gasteiger charge is 2.04. The molecule has 0 atom stereocenters. The fraction of sp³-hybridized carbons (Fsp3) is 0.118. The van der Waals surface area contributed by atoms with Gasteiger partial charge in [0.2, 0.25) is 0 Å². The molecule has 0 saturated heterocycles. The largest absolute Gasteiger partial charge is 0.256 e. The highest BCUT2D eigenvalue weighted by Crippen LogP contribution is 2.28. The zero-order chi connectivity index (χ0) is 12.5. The molecule has 0 aliphatic heterocycles. The van der Waals surface area contributed by atoms with E-state index in [4.69, 9.17) is 0 Å². The van der Waals surface area contributed by atoms with E-state index >= 15 is 0 Å². The highest BCUT2D eigenvalue weighted by molar-refractivity contribution is 5.94. The summed E-state index contributed by atoms with van der Waals surface area (Å²) in [4.78, 5) is 4.43. The lowest BCUT2D eigenvalue weighted by Gasteiger charge is -2.07. The van der Waals surface area contributed by atoms with Crippen molar-refractivity contribution in [3.05, 3.63) is 65.9 Å². The number of hydrogen-bond donors (Lipinski definition) is 0. The number of hydrogen-bond acceptors (Lipinski definition) is 1. The summed E-state index contributed by atoms with van der Waals surface area (Å²) in [7, 11) is 0. The molecule has 1 heterocycles. The van der Waals surface area contributed by atoms with Crippen molar-refractivity contribution in [3.63, 3.8) is 0 Å². The number of rotatable bonds is 1. The van der Waals surface area contributed by atoms with E-state index in [1.54, 1.807) is 0 Å². The van der Waals surface area contributed by atoms with Gasteiger partial charge in [-0.1, -0.05) is 41.5 Å². The van der Waals surface area contributed by atoms with E-state index in [0.29, 0.717) is 0 Å². The first-order chi connectivity index (χ1) is 8.74. The van der Waals surface area contributed by atoms with Gasteiger partial charge in [0, 0.05) is 11.6 Å². The van der Waals surface area contributed by atoms with Crippen molar-refractivity contribution in [2.24, 2.45) is 0 Å². The Kier molecular flexibility index (Phi) is 2.60. The zero-order valence-corrected chi connectivity index (χ0v) is 10.6. The standard InChI is InChI=1S/C17H15N/c1-12-3-6-14(7-4-12)15-9-10-18-17-8-5-13(2)11-16(15)17/h3-11H,1-2H3. The summed E-state index contributed by atoms with van der Waals surface area (Å²) in [5.41, 5.74) is 6.11. The molecular formula is C17H15N. The molecule has 1 heteroatoms. The van der Waals surface area contributed by atoms with Gasteiger partial charge in [-0.3, -0.25) is 4.98 Å². The summed E-state index contributed by atoms with van der Waals surface area (Å²) >= 11 is 0. The maximum absolute atomic E-state index is 4.43. The van der Waals surface area contributed by atoms with Gasteiger partial charge in [0.15, 0.2) is 0 Å². The summed E-state index contributed by atoms with van der Waals surface area (Å²) in [5, 5.41) is 1.22. The molecule has 2 aromatic carbocycles. The first-order valence-electron chi connectivity index (χ1n) is 6.16. The molecule has 18 heavy (non-hydrogen) atoms. The lowest BCUT2D eigenvalue weighted by atomic mass is 9.99. The average molecular weight is 233 g/mol. The van der Waals surface area contributed by atoms with E-state index in [0.717, 1.165) is 5.52 Å². The molecule has 0 N–H and O–H groups in total. The van der Waals surface area contributed by atoms with Crippen molar-refractivity contribution in [2.45, 2.75) is 13.8 Å². The molecule has 0 bridgehead atoms. The monoisotopic (exact) mass is 233 g/mol. The van der Waals surface area contributed by atoms with Gasteiger partial charge >= 0.3 is 0 Å². The lowest BCUT2D eigenvalue weighted by Crippen LogP contribution is -1.85. The van der Waals surface area contributed by atoms with Gasteiger partial charge in [-0.2, -0.15) is 0 Å². The minimum absolute atomic E-state index is 1.05. The van der Waals surface area contributed by atoms with Crippen molar-refractivity contribution >= 4 is 10.9 Å². The molecule has 1 nitrogen and oxygen atoms in total. The average Bonchev–Trinajstić information content (AvgIpc) is 2.39. The molecule has 0 aliphatic carbocycles. The minimum Gasteiger partial charge on any atom is -0.256 e. The van der Waals surface area contributed by atoms with Crippen LogP contribution < -0.4 is 0 Å². The summed E-state index contributed by atoms with van der Waals surface area (Å²) in [5.74, 6) is 0. The van der Waals surface area contributed by atoms with Crippen molar-refractivity contribution < 1.29 is 0 Å². The molecule has 0 amide bonds. The number of pyridine rings is 1. The second-order valence-electron chi connectivity index (χ2n) is 4.75. The number of aromatic nitrogens is 1. The van der Waals surface area contributed by atoms with Crippen molar-refractivity contribution in [1.29, 1.82) is 0 Å². The number of benzene rings is 2. The Balaban J connectivity index is 2.28. The summed E-state index contributed by atoms with van der Waals surface area (Å²) < 4.78 is 0. The molecule has 3 rings (SSSR count). The highest BCUT2D eigenvalue weighted by atomic mass is 14.6. The third-order valence-corrected chi connectivity index (χ3v) is 3.26. The van der Waals surface area contributed by atoms with Gasteiger partial charge in [0.1, 0.15) is 0 Å². The summed E-state index contributed by atoms with van der Waals surface area (Å²) in [6.45, 7) is 4.23. The molecule has 0 radical (unpaired) electrons. The molecular weight excluding hydrogens is 218 g/mol. The third-order valence-electron chi connectivity index (χ3n) is 3.26. The predicted octanol–water partition coefficient (Wildman–Crippen LogP) is 4.52. The summed E-state index contributed by atoms with van der Waals surface area (Å²) in [6.07, 6.45) is 1.88. The Hall–Kier alpha value is -2.15. The smallest absolute Gasteiger partial charge is 0.0708 e. The van der Waals surface area contributed by atoms with Crippen molar-refractivity contribution in [1.82, 2.24) is 4.98 Å². The fourth-order valence-electron chi connectivity index (χ4n) is 2.24. The number of fused-ring (bicyclic) bond motifs is 1. The topological polar surface area (TPSA) is 12.9 Å². The predicted molar refractivity (Wildman–Crippen MR) is 76.7 cm³/mol. The van der Waals surface area contributed by atoms with Gasteiger partial charge in [-0.25, -0.2) is 0 Å². The van der Waals surface area contributed by atoms with E-state index in [1.807, 2.05) is 6.20 Å². The zero-order valence-electron chi connectivity index (χ0n) is 10.6. The van der Waals surface area contributed by atoms with Gasteiger partial charge in [-0.05, 0) is 43.2 Å². The molecule has 0 aliphatic rings. The van der Waals surface area contributed by atoms with Crippen molar-refractivity contribution in [3.8, 4) is 11.1 Å². The van der Waals surface area contributed by atoms with Gasteiger partial charge in [0.05, 0.1) is 5.52 Å². The number of aryl methyl sites for hydroxylation is 2. The Morgan fingerprint density at radius 3 is 2.28 bits per heavy atom. The van der Waals surface area contributed by atoms with Crippen LogP contribution in [0.25, 0.3) is 22.0 Å². The van der Waals surface area contributed by atoms with Crippen LogP contribution in [0, 0.1) is 13.8 Å². The first kappa shape index (κ1) is 11.0. The van der Waals surface area contributed by atoms with E-state index in [-0.39, 0.29) is 0 Å². The van der Waals surface area contributed by atoms with Crippen molar-refractivity contribution in [2.75, 3.05) is 0 Å². The molecule has 0 saturated carbocycles. The van der Waals surface area contributed by atoms with E-state index < -0.39 is 0 Å². The fourth-order valence-corrected chi connectivity index (χ4v) is 2.24. The third kappa shape index (κ3) is 1.88. The Labute approximate surface area is 107 Å². The first-order valence-corrected chi connectivity index (χ1v) is 6.16. The van der Waals surface area contributed by atoms with Gasteiger partial charge in [0.25, 0.3) is 0 Å². The normalized spacial score (nSPS) is 10.8. The minimum atomic E-state index is 1.05. The van der Waals surface area contributed by atoms with Crippen LogP contribution in [0.1, 0.15) is 11.1 Å². The lowest BCUT2D eigenvalue weighted by molar-refractivity contribution is 1.39. The van der Waals surface area contributed by atoms with Gasteiger partial charge < -0.3 is 0 Å². The van der Waals surface area contributed by atoms with Crippen LogP contribution in [-0.4, -0.2) is 4.98 Å². The summed E-state index contributed by atoms with van der Waals surface area (Å²) in [6, 6.07) is 17.1. The van der Waals surface area contributed by atoms with Crippen LogP contribution in [-0.2, 0) is 0 Å². The van der Waals surface area contributed by atoms with E-state index in [2.05, 4.69) is 67.4 Å². The quantitative estimate of drug-likeness (QED) is 0.602. The van der Waals surface area contributed by atoms with Crippen LogP contribution >= 0.6 is 0 Å². The van der Waals surface area contributed by atoms with Crippen LogP contribution in [0.5, 0.6) is 0 Å². The molecule has 1 aromatic heterocycles. The van der Waals surface area contributed by atoms with Crippen LogP contribution in [0.2, 0.25) is 0 Å². The molecule has 0 spiro atoms. The Morgan fingerprint density at radius 1 is 0.778 bits per heavy atom. The van der Waals surface area contributed by atoms with Crippen LogP contribution in [0.4, 0.5) is 0 Å². The van der Waals surface area contributed by atoms with Gasteiger partial charge in [-0.15, -0.1) is 0 Å². The maximum atomic E-state index is 4.43. The van der Waals surface area contributed by atoms with Crippen LogP contribution in [0.15, 0.2) is 54.7 Å². The Bertz CT molecular complexity index is 696. The maximum Gasteiger partial charge on any atom is 0.0708 e. The number of nitrogens with zero attached hydrogens (tertiary/aromatic N) is 1. The Morgan fingerprint density at radius 2 is 1.50 bits per heavy atom. The molecule has 0 fully saturated rings.